The van der Waals surface area contributed by atoms with Gasteiger partial charge in [-0.1, -0.05) is 167 Å². The molecule has 0 bridgehead atoms. The fourth-order valence-electron chi connectivity index (χ4n) is 5.19. The third kappa shape index (κ3) is 8.30. The van der Waals surface area contributed by atoms with Crippen molar-refractivity contribution in [3.63, 3.8) is 0 Å². The van der Waals surface area contributed by atoms with Crippen LogP contribution in [0, 0.1) is 0 Å². The monoisotopic (exact) mass is 668 g/mol. The maximum absolute atomic E-state index is 2.36. The molecule has 0 atom stereocenters. The molecular weight excluding hydrogens is 633 g/mol. The Morgan fingerprint density at radius 3 is 1.36 bits per heavy atom. The molecule has 0 aliphatic rings. The number of aryl methyl sites for hydroxylation is 1. The average Bonchev–Trinajstić information content (AvgIpc) is 3.70. The van der Waals surface area contributed by atoms with Gasteiger partial charge in [-0.15, -0.1) is 0 Å². The van der Waals surface area contributed by atoms with Gasteiger partial charge in [0.1, 0.15) is 0 Å². The molecule has 0 aromatic heterocycles. The smallest absolute Gasteiger partial charge is 0 e. The molecule has 0 N–H and O–H groups in total. The molecule has 6 aromatic carbocycles. The van der Waals surface area contributed by atoms with Crippen molar-refractivity contribution >= 4 is 47.7 Å². The summed E-state index contributed by atoms with van der Waals surface area (Å²) in [6, 6.07) is 56.9. The summed E-state index contributed by atoms with van der Waals surface area (Å²) in [5, 5.41) is 8.64. The quantitative estimate of drug-likeness (QED) is 0.0899. The number of benzene rings is 4. The maximum Gasteiger partial charge on any atom is 0 e. The van der Waals surface area contributed by atoms with Gasteiger partial charge in [0, 0.05) is 33.6 Å². The standard InChI is InChI=1S/C21H22P.C17H14P.Fe.Ni/c1-3-17-15-16-21(20(17)4-2)22(18-11-7-5-8-12-18)19-13-9-6-10-14-19;1-3-9-15(10-4-1)18(17-13-7-8-14-17)16-11-5-2-6-12-16;;/h5-16H,3-4H2,1-2H3;1-14H;;/q-1;-5;;. The Balaban J connectivity index is 0.000000224. The van der Waals surface area contributed by atoms with Crippen molar-refractivity contribution in [2.75, 3.05) is 0 Å². The molecule has 222 valence electrons. The molecule has 0 nitrogen and oxygen atoms in total. The second-order valence-electron chi connectivity index (χ2n) is 9.59. The zero-order valence-corrected chi connectivity index (χ0v) is 27.9. The summed E-state index contributed by atoms with van der Waals surface area (Å²) in [6.07, 6.45) is 2.24. The molecule has 0 unspecified atom stereocenters. The van der Waals surface area contributed by atoms with Crippen molar-refractivity contribution in [1.82, 2.24) is 0 Å². The maximum atomic E-state index is 2.36. The third-order valence-electron chi connectivity index (χ3n) is 7.08. The van der Waals surface area contributed by atoms with Crippen LogP contribution in [0.1, 0.15) is 25.0 Å². The van der Waals surface area contributed by atoms with Crippen molar-refractivity contribution in [1.29, 1.82) is 0 Å². The van der Waals surface area contributed by atoms with Crippen LogP contribution in [0.25, 0.3) is 0 Å². The van der Waals surface area contributed by atoms with Crippen LogP contribution in [0.2, 0.25) is 0 Å². The fourth-order valence-corrected chi connectivity index (χ4v) is 10.1. The van der Waals surface area contributed by atoms with Gasteiger partial charge in [-0.2, -0.15) is 22.5 Å². The number of rotatable bonds is 8. The van der Waals surface area contributed by atoms with E-state index in [0.717, 1.165) is 12.8 Å². The van der Waals surface area contributed by atoms with Crippen molar-refractivity contribution in [2.24, 2.45) is 0 Å². The fraction of sp³-hybridized carbons (Fsp3) is 0.105. The van der Waals surface area contributed by atoms with Crippen LogP contribution in [0.3, 0.4) is 0 Å². The molecule has 0 amide bonds. The van der Waals surface area contributed by atoms with Gasteiger partial charge in [0.2, 0.25) is 0 Å². The topological polar surface area (TPSA) is 0 Å². The van der Waals surface area contributed by atoms with Gasteiger partial charge in [0.15, 0.2) is 0 Å². The molecule has 0 spiro atoms. The van der Waals surface area contributed by atoms with Crippen LogP contribution >= 0.6 is 15.8 Å². The molecule has 0 radical (unpaired) electrons. The van der Waals surface area contributed by atoms with Gasteiger partial charge in [0.05, 0.1) is 0 Å². The molecule has 6 rings (SSSR count). The minimum atomic E-state index is -0.457. The molecule has 6 aromatic rings. The summed E-state index contributed by atoms with van der Waals surface area (Å²) in [4.78, 5) is 0. The second kappa shape index (κ2) is 17.5. The van der Waals surface area contributed by atoms with Crippen LogP contribution in [-0.4, -0.2) is 0 Å². The van der Waals surface area contributed by atoms with Crippen molar-refractivity contribution in [3.8, 4) is 0 Å². The first-order valence-corrected chi connectivity index (χ1v) is 16.8. The summed E-state index contributed by atoms with van der Waals surface area (Å²) in [5.41, 5.74) is 3.07. The van der Waals surface area contributed by atoms with Gasteiger partial charge in [0.25, 0.3) is 0 Å². The van der Waals surface area contributed by atoms with E-state index in [-0.39, 0.29) is 33.6 Å². The molecule has 0 fully saturated rings. The molecule has 0 saturated carbocycles. The van der Waals surface area contributed by atoms with E-state index in [2.05, 4.69) is 172 Å². The minimum absolute atomic E-state index is 0. The zero-order chi connectivity index (χ0) is 27.6. The Morgan fingerprint density at radius 1 is 0.571 bits per heavy atom. The molecule has 0 saturated heterocycles. The van der Waals surface area contributed by atoms with E-state index in [0.29, 0.717) is 0 Å². The van der Waals surface area contributed by atoms with E-state index in [9.17, 15) is 0 Å². The second-order valence-corrected chi connectivity index (χ2v) is 14.0. The predicted molar refractivity (Wildman–Crippen MR) is 180 cm³/mol. The van der Waals surface area contributed by atoms with Crippen LogP contribution in [0.15, 0.2) is 158 Å². The molecule has 0 aliphatic carbocycles. The van der Waals surface area contributed by atoms with Crippen LogP contribution in [0.5, 0.6) is 0 Å². The van der Waals surface area contributed by atoms with Crippen molar-refractivity contribution in [3.05, 3.63) is 169 Å². The Labute approximate surface area is 275 Å². The first kappa shape index (κ1) is 33.9. The summed E-state index contributed by atoms with van der Waals surface area (Å²) in [7, 11) is -0.866. The number of hydrogen-bond acceptors (Lipinski definition) is 0. The number of hydrogen-bond donors (Lipinski definition) is 0. The van der Waals surface area contributed by atoms with E-state index >= 15 is 0 Å². The summed E-state index contributed by atoms with van der Waals surface area (Å²) in [5.74, 6) is 0. The van der Waals surface area contributed by atoms with Crippen LogP contribution in [0.4, 0.5) is 0 Å². The molecule has 4 heteroatoms. The molecule has 0 heterocycles. The summed E-state index contributed by atoms with van der Waals surface area (Å²) >= 11 is 0. The summed E-state index contributed by atoms with van der Waals surface area (Å²) < 4.78 is 0. The van der Waals surface area contributed by atoms with Gasteiger partial charge in [-0.05, 0) is 10.6 Å². The van der Waals surface area contributed by atoms with Crippen LogP contribution in [-0.2, 0) is 46.4 Å². The zero-order valence-electron chi connectivity index (χ0n) is 24.0. The first-order chi connectivity index (χ1) is 19.8. The normalized spacial score (nSPS) is 10.4. The molecular formula is C38H36FeNiP2-6. The Hall–Kier alpha value is -2.55. The first-order valence-electron chi connectivity index (χ1n) is 14.1. The third-order valence-corrected chi connectivity index (χ3v) is 12.0. The minimum Gasteiger partial charge on any atom is -0.747 e. The predicted octanol–water partition coefficient (Wildman–Crippen LogP) is 7.45. The van der Waals surface area contributed by atoms with Crippen molar-refractivity contribution in [2.45, 2.75) is 26.7 Å². The SMILES string of the molecule is CCc1c(P(c2ccccc2)c2ccccc2)cc[c-]1CC.[Fe].[Ni].c1ccc(P(c2ccccc2)[c-]2[cH-][cH-][cH-][cH-]2)cc1. The van der Waals surface area contributed by atoms with E-state index in [1.165, 1.54) is 37.4 Å². The van der Waals surface area contributed by atoms with Crippen LogP contribution < -0.4 is 31.8 Å². The Morgan fingerprint density at radius 2 is 0.976 bits per heavy atom. The van der Waals surface area contributed by atoms with E-state index in [1.54, 1.807) is 5.56 Å². The van der Waals surface area contributed by atoms with Gasteiger partial charge in [-0.25, -0.2) is 14.0 Å². The molecule has 0 aliphatic heterocycles. The van der Waals surface area contributed by atoms with Gasteiger partial charge >= 0.3 is 0 Å². The largest absolute Gasteiger partial charge is 0.747 e. The Bertz CT molecular complexity index is 1470. The van der Waals surface area contributed by atoms with Crippen molar-refractivity contribution < 1.29 is 33.6 Å². The van der Waals surface area contributed by atoms with Gasteiger partial charge in [-0.3, -0.25) is 0 Å². The van der Waals surface area contributed by atoms with E-state index < -0.39 is 15.8 Å². The molecule has 42 heavy (non-hydrogen) atoms. The van der Waals surface area contributed by atoms with Gasteiger partial charge < -0.3 is 29.6 Å². The van der Waals surface area contributed by atoms with E-state index in [1.807, 2.05) is 0 Å². The average molecular weight is 669 g/mol. The van der Waals surface area contributed by atoms with E-state index in [4.69, 9.17) is 0 Å². The summed E-state index contributed by atoms with van der Waals surface area (Å²) in [6.45, 7) is 4.53. The Kier molecular flexibility index (Phi) is 14.2.